The highest BCUT2D eigenvalue weighted by Crippen LogP contribution is 2.21. The Morgan fingerprint density at radius 2 is 1.14 bits per heavy atom. The Bertz CT molecular complexity index is 536. The fourth-order valence-electron chi connectivity index (χ4n) is 1.87. The summed E-state index contributed by atoms with van der Waals surface area (Å²) in [7, 11) is 8.20. The predicted octanol–water partition coefficient (Wildman–Crippen LogP) is 2.54. The summed E-state index contributed by atoms with van der Waals surface area (Å²) in [5.74, 6) is 1.59. The summed E-state index contributed by atoms with van der Waals surface area (Å²) in [5, 5.41) is 0. The smallest absolute Gasteiger partial charge is 0.528 e. The average Bonchev–Trinajstić information content (AvgIpc) is 2.48. The molecule has 0 radical (unpaired) electrons. The lowest BCUT2D eigenvalue weighted by Crippen LogP contribution is -2.13. The van der Waals surface area contributed by atoms with E-state index in [0.717, 1.165) is 22.9 Å². The van der Waals surface area contributed by atoms with Gasteiger partial charge in [0.05, 0.1) is 0 Å². The van der Waals surface area contributed by atoms with Crippen molar-refractivity contribution in [3.63, 3.8) is 0 Å². The summed E-state index contributed by atoms with van der Waals surface area (Å²) >= 11 is 0. The van der Waals surface area contributed by atoms with E-state index in [0.29, 0.717) is 0 Å². The van der Waals surface area contributed by atoms with E-state index in [1.165, 1.54) is 0 Å². The van der Waals surface area contributed by atoms with Crippen LogP contribution in [0.5, 0.6) is 11.5 Å². The van der Waals surface area contributed by atoms with Gasteiger partial charge in [-0.1, -0.05) is 12.1 Å². The Morgan fingerprint density at radius 3 is 1.52 bits per heavy atom. The van der Waals surface area contributed by atoms with E-state index < -0.39 is 0 Å². The molecule has 2 aromatic carbocycles. The Morgan fingerprint density at radius 1 is 0.714 bits per heavy atom. The zero-order chi connectivity index (χ0) is 15.2. The van der Waals surface area contributed by atoms with E-state index in [9.17, 15) is 0 Å². The lowest BCUT2D eigenvalue weighted by atomic mass is 10.2. The van der Waals surface area contributed by atoms with E-state index in [2.05, 4.69) is 0 Å². The largest absolute Gasteiger partial charge is 0.576 e. The van der Waals surface area contributed by atoms with Crippen LogP contribution in [0.3, 0.4) is 0 Å². The maximum atomic E-state index is 5.64. The number of anilines is 2. The van der Waals surface area contributed by atoms with Crippen LogP contribution in [0.15, 0.2) is 48.5 Å². The molecule has 0 saturated carbocycles. The second-order valence-corrected chi connectivity index (χ2v) is 5.19. The van der Waals surface area contributed by atoms with Crippen LogP contribution in [0.4, 0.5) is 11.4 Å². The highest BCUT2D eigenvalue weighted by atomic mass is 16.6. The standard InChI is InChI=1S/C16H21BN2O2/c1-18(2)13-7-5-9-15(11-13)20-17-21-16-10-6-8-14(12-16)19(3)4/h5-12,17H,1-4H3. The van der Waals surface area contributed by atoms with Gasteiger partial charge in [0.2, 0.25) is 0 Å². The zero-order valence-electron chi connectivity index (χ0n) is 13.0. The molecule has 4 nitrogen and oxygen atoms in total. The number of hydrogen-bond donors (Lipinski definition) is 0. The first-order chi connectivity index (χ1) is 10.1. The van der Waals surface area contributed by atoms with E-state index in [1.54, 1.807) is 0 Å². The molecule has 2 rings (SSSR count). The average molecular weight is 284 g/mol. The van der Waals surface area contributed by atoms with E-state index in [1.807, 2.05) is 86.5 Å². The SMILES string of the molecule is CN(C)c1cccc(OBOc2cccc(N(C)C)c2)c1. The molecule has 0 bridgehead atoms. The van der Waals surface area contributed by atoms with Gasteiger partial charge in [-0.2, -0.15) is 0 Å². The summed E-state index contributed by atoms with van der Waals surface area (Å²) in [6, 6.07) is 15.8. The summed E-state index contributed by atoms with van der Waals surface area (Å²) in [4.78, 5) is 4.07. The van der Waals surface area contributed by atoms with Crippen LogP contribution in [0.2, 0.25) is 0 Å². The first-order valence-corrected chi connectivity index (χ1v) is 6.86. The maximum absolute atomic E-state index is 5.64. The van der Waals surface area contributed by atoms with Gasteiger partial charge >= 0.3 is 7.69 Å². The molecule has 0 unspecified atom stereocenters. The molecule has 0 aromatic heterocycles. The van der Waals surface area contributed by atoms with Crippen molar-refractivity contribution < 1.29 is 9.31 Å². The van der Waals surface area contributed by atoms with Gasteiger partial charge in [0.25, 0.3) is 0 Å². The summed E-state index contributed by atoms with van der Waals surface area (Å²) in [6.07, 6.45) is 0. The molecule has 0 saturated heterocycles. The normalized spacial score (nSPS) is 9.90. The number of hydrogen-bond acceptors (Lipinski definition) is 4. The van der Waals surface area contributed by atoms with Gasteiger partial charge in [0.1, 0.15) is 11.5 Å². The van der Waals surface area contributed by atoms with Crippen molar-refractivity contribution >= 4 is 19.1 Å². The van der Waals surface area contributed by atoms with Gasteiger partial charge in [-0.25, -0.2) is 0 Å². The van der Waals surface area contributed by atoms with Crippen molar-refractivity contribution in [1.29, 1.82) is 0 Å². The second kappa shape index (κ2) is 6.93. The molecule has 0 aliphatic heterocycles. The van der Waals surface area contributed by atoms with Gasteiger partial charge in [-0.3, -0.25) is 0 Å². The lowest BCUT2D eigenvalue weighted by Gasteiger charge is -2.15. The van der Waals surface area contributed by atoms with Crippen LogP contribution < -0.4 is 19.1 Å². The van der Waals surface area contributed by atoms with Crippen LogP contribution >= 0.6 is 0 Å². The van der Waals surface area contributed by atoms with Crippen LogP contribution in [-0.2, 0) is 0 Å². The van der Waals surface area contributed by atoms with Gasteiger partial charge < -0.3 is 19.1 Å². The molecule has 0 N–H and O–H groups in total. The third-order valence-corrected chi connectivity index (χ3v) is 3.12. The molecular weight excluding hydrogens is 263 g/mol. The molecule has 2 aromatic rings. The number of rotatable bonds is 6. The van der Waals surface area contributed by atoms with Crippen LogP contribution in [0, 0.1) is 0 Å². The third-order valence-electron chi connectivity index (χ3n) is 3.12. The molecule has 0 fully saturated rings. The quantitative estimate of drug-likeness (QED) is 0.761. The van der Waals surface area contributed by atoms with Gasteiger partial charge in [0.15, 0.2) is 0 Å². The van der Waals surface area contributed by atoms with E-state index in [-0.39, 0.29) is 7.69 Å². The van der Waals surface area contributed by atoms with Crippen molar-refractivity contribution in [2.24, 2.45) is 0 Å². The van der Waals surface area contributed by atoms with E-state index >= 15 is 0 Å². The fraction of sp³-hybridized carbons (Fsp3) is 0.250. The molecule has 0 heterocycles. The highest BCUT2D eigenvalue weighted by Gasteiger charge is 2.03. The minimum atomic E-state index is 0.188. The molecule has 21 heavy (non-hydrogen) atoms. The molecule has 0 amide bonds. The summed E-state index contributed by atoms with van der Waals surface area (Å²) in [6.45, 7) is 0. The summed E-state index contributed by atoms with van der Waals surface area (Å²) < 4.78 is 11.3. The Balaban J connectivity index is 1.92. The zero-order valence-corrected chi connectivity index (χ0v) is 13.0. The van der Waals surface area contributed by atoms with Crippen molar-refractivity contribution in [1.82, 2.24) is 0 Å². The number of benzene rings is 2. The van der Waals surface area contributed by atoms with Crippen LogP contribution in [0.1, 0.15) is 0 Å². The van der Waals surface area contributed by atoms with Gasteiger partial charge in [0, 0.05) is 51.7 Å². The molecule has 0 spiro atoms. The fourth-order valence-corrected chi connectivity index (χ4v) is 1.87. The predicted molar refractivity (Wildman–Crippen MR) is 89.9 cm³/mol. The minimum Gasteiger partial charge on any atom is -0.528 e. The first-order valence-electron chi connectivity index (χ1n) is 6.86. The van der Waals surface area contributed by atoms with Crippen molar-refractivity contribution in [3.8, 4) is 11.5 Å². The van der Waals surface area contributed by atoms with E-state index in [4.69, 9.17) is 9.31 Å². The van der Waals surface area contributed by atoms with Gasteiger partial charge in [-0.05, 0) is 24.3 Å². The second-order valence-electron chi connectivity index (χ2n) is 5.19. The van der Waals surface area contributed by atoms with Crippen molar-refractivity contribution in [3.05, 3.63) is 48.5 Å². The highest BCUT2D eigenvalue weighted by molar-refractivity contribution is 6.20. The van der Waals surface area contributed by atoms with Crippen LogP contribution in [0.25, 0.3) is 0 Å². The minimum absolute atomic E-state index is 0.188. The molecule has 0 aliphatic carbocycles. The molecule has 0 atom stereocenters. The molecule has 110 valence electrons. The maximum Gasteiger partial charge on any atom is 0.576 e. The Labute approximate surface area is 127 Å². The van der Waals surface area contributed by atoms with Crippen LogP contribution in [-0.4, -0.2) is 35.9 Å². The van der Waals surface area contributed by atoms with Crippen molar-refractivity contribution in [2.75, 3.05) is 38.0 Å². The topological polar surface area (TPSA) is 24.9 Å². The summed E-state index contributed by atoms with van der Waals surface area (Å²) in [5.41, 5.74) is 2.20. The monoisotopic (exact) mass is 284 g/mol. The third kappa shape index (κ3) is 4.34. The Kier molecular flexibility index (Phi) is 4.98. The lowest BCUT2D eigenvalue weighted by molar-refractivity contribution is 0.459. The number of nitrogens with zero attached hydrogens (tertiary/aromatic N) is 2. The molecular formula is C16H21BN2O2. The Hall–Kier alpha value is -2.30. The molecule has 5 heteroatoms. The van der Waals surface area contributed by atoms with Crippen molar-refractivity contribution in [2.45, 2.75) is 0 Å². The first kappa shape index (κ1) is 15.1. The molecule has 0 aliphatic rings. The van der Waals surface area contributed by atoms with Gasteiger partial charge in [-0.15, -0.1) is 0 Å².